The second kappa shape index (κ2) is 6.53. The maximum atomic E-state index is 11.5. The number of primary amides is 1. The van der Waals surface area contributed by atoms with E-state index in [1.165, 1.54) is 4.57 Å². The van der Waals surface area contributed by atoms with Crippen molar-refractivity contribution in [1.29, 1.82) is 0 Å². The molecule has 0 fully saturated rings. The van der Waals surface area contributed by atoms with Gasteiger partial charge in [-0.2, -0.15) is 0 Å². The zero-order valence-electron chi connectivity index (χ0n) is 10.6. The summed E-state index contributed by atoms with van der Waals surface area (Å²) in [6, 6.07) is -0.728. The number of rotatable bonds is 7. The maximum Gasteiger partial charge on any atom is 0.313 e. The van der Waals surface area contributed by atoms with Crippen LogP contribution in [-0.2, 0) is 16.2 Å². The molecule has 1 atom stereocenters. The fourth-order valence-corrected chi connectivity index (χ4v) is 2.38. The van der Waals surface area contributed by atoms with Crippen LogP contribution in [0.1, 0.15) is 25.7 Å². The quantitative estimate of drug-likeness (QED) is 0.583. The molecular formula is C10H16N4O4S. The summed E-state index contributed by atoms with van der Waals surface area (Å²) in [5.74, 6) is -1.76. The number of aromatic nitrogens is 3. The van der Waals surface area contributed by atoms with Crippen LogP contribution in [-0.4, -0.2) is 42.6 Å². The summed E-state index contributed by atoms with van der Waals surface area (Å²) in [6.07, 6.45) is 0. The Hall–Kier alpha value is -1.61. The summed E-state index contributed by atoms with van der Waals surface area (Å²) >= 11 is 0.925. The van der Waals surface area contributed by atoms with E-state index in [0.29, 0.717) is 0 Å². The molecule has 0 radical (unpaired) electrons. The van der Waals surface area contributed by atoms with E-state index in [4.69, 9.17) is 10.8 Å². The van der Waals surface area contributed by atoms with Gasteiger partial charge in [0, 0.05) is 0 Å². The zero-order chi connectivity index (χ0) is 14.6. The number of carboxylic acids is 1. The predicted octanol–water partition coefficient (Wildman–Crippen LogP) is -0.370. The van der Waals surface area contributed by atoms with Crippen LogP contribution in [0, 0.1) is 5.92 Å². The maximum absolute atomic E-state index is 11.5. The van der Waals surface area contributed by atoms with E-state index in [9.17, 15) is 14.7 Å². The van der Waals surface area contributed by atoms with Crippen molar-refractivity contribution >= 4 is 23.6 Å². The first kappa shape index (κ1) is 15.4. The topological polar surface area (TPSA) is 131 Å². The van der Waals surface area contributed by atoms with Gasteiger partial charge in [-0.25, -0.2) is 0 Å². The van der Waals surface area contributed by atoms with Crippen LogP contribution in [0.15, 0.2) is 5.16 Å². The molecule has 8 nitrogen and oxygen atoms in total. The highest BCUT2D eigenvalue weighted by Gasteiger charge is 2.28. The first-order valence-electron chi connectivity index (χ1n) is 5.57. The molecule has 0 aliphatic rings. The largest absolute Gasteiger partial charge is 0.481 e. The van der Waals surface area contributed by atoms with Gasteiger partial charge in [-0.1, -0.05) is 25.6 Å². The van der Waals surface area contributed by atoms with Crippen molar-refractivity contribution in [3.63, 3.8) is 0 Å². The Kier molecular flexibility index (Phi) is 5.31. The molecule has 106 valence electrons. The summed E-state index contributed by atoms with van der Waals surface area (Å²) in [7, 11) is 0. The van der Waals surface area contributed by atoms with Gasteiger partial charge >= 0.3 is 5.97 Å². The molecule has 0 saturated heterocycles. The first-order valence-corrected chi connectivity index (χ1v) is 6.55. The molecule has 4 N–H and O–H groups in total. The van der Waals surface area contributed by atoms with Crippen molar-refractivity contribution in [1.82, 2.24) is 14.8 Å². The van der Waals surface area contributed by atoms with Gasteiger partial charge in [-0.3, -0.25) is 14.2 Å². The number of amides is 1. The molecule has 0 aromatic carbocycles. The molecule has 1 heterocycles. The average Bonchev–Trinajstić information content (AvgIpc) is 2.68. The fourth-order valence-electron chi connectivity index (χ4n) is 1.67. The van der Waals surface area contributed by atoms with Crippen molar-refractivity contribution in [2.24, 2.45) is 11.7 Å². The number of carbonyl (C=O) groups is 2. The lowest BCUT2D eigenvalue weighted by atomic mass is 10.0. The van der Waals surface area contributed by atoms with Crippen molar-refractivity contribution in [2.45, 2.75) is 31.7 Å². The molecule has 0 aliphatic heterocycles. The molecule has 0 saturated carbocycles. The van der Waals surface area contributed by atoms with Crippen molar-refractivity contribution in [3.05, 3.63) is 5.82 Å². The number of aliphatic carboxylic acids is 1. The molecule has 1 unspecified atom stereocenters. The lowest BCUT2D eigenvalue weighted by Crippen LogP contribution is -2.32. The van der Waals surface area contributed by atoms with Crippen LogP contribution in [0.4, 0.5) is 0 Å². The summed E-state index contributed by atoms with van der Waals surface area (Å²) in [6.45, 7) is 3.18. The standard InChI is InChI=1S/C10H16N4O4S/c1-5(2)8(9(11)18)14-6(3-15)12-13-10(14)19-4-7(16)17/h5,8,15H,3-4H2,1-2H3,(H2,11,18)(H,16,17). The highest BCUT2D eigenvalue weighted by molar-refractivity contribution is 7.99. The van der Waals surface area contributed by atoms with Crippen LogP contribution < -0.4 is 5.73 Å². The normalized spacial score (nSPS) is 12.6. The monoisotopic (exact) mass is 288 g/mol. The lowest BCUT2D eigenvalue weighted by Gasteiger charge is -2.21. The van der Waals surface area contributed by atoms with Crippen LogP contribution in [0.5, 0.6) is 0 Å². The van der Waals surface area contributed by atoms with Gasteiger partial charge in [0.05, 0.1) is 5.75 Å². The molecule has 19 heavy (non-hydrogen) atoms. The van der Waals surface area contributed by atoms with Crippen LogP contribution in [0.2, 0.25) is 0 Å². The Balaban J connectivity index is 3.16. The number of hydrogen-bond acceptors (Lipinski definition) is 6. The van der Waals surface area contributed by atoms with E-state index >= 15 is 0 Å². The molecule has 1 rings (SSSR count). The highest BCUT2D eigenvalue weighted by atomic mass is 32.2. The predicted molar refractivity (Wildman–Crippen MR) is 67.4 cm³/mol. The van der Waals surface area contributed by atoms with Gasteiger partial charge in [0.15, 0.2) is 11.0 Å². The Labute approximate surface area is 114 Å². The number of nitrogens with zero attached hydrogens (tertiary/aromatic N) is 3. The Morgan fingerprint density at radius 1 is 1.42 bits per heavy atom. The number of nitrogens with two attached hydrogens (primary N) is 1. The van der Waals surface area contributed by atoms with Gasteiger partial charge in [-0.15, -0.1) is 10.2 Å². The molecular weight excluding hydrogens is 272 g/mol. The van der Waals surface area contributed by atoms with E-state index in [2.05, 4.69) is 10.2 Å². The summed E-state index contributed by atoms with van der Waals surface area (Å²) in [4.78, 5) is 22.1. The van der Waals surface area contributed by atoms with E-state index in [1.807, 2.05) is 0 Å². The number of aliphatic hydroxyl groups excluding tert-OH is 1. The Bertz CT molecular complexity index is 474. The average molecular weight is 288 g/mol. The summed E-state index contributed by atoms with van der Waals surface area (Å²) in [5.41, 5.74) is 5.35. The van der Waals surface area contributed by atoms with Gasteiger partial charge < -0.3 is 15.9 Å². The Morgan fingerprint density at radius 3 is 2.47 bits per heavy atom. The van der Waals surface area contributed by atoms with Gasteiger partial charge in [0.2, 0.25) is 5.91 Å². The third-order valence-corrected chi connectivity index (χ3v) is 3.33. The van der Waals surface area contributed by atoms with E-state index in [-0.39, 0.29) is 22.7 Å². The number of aliphatic hydroxyl groups is 1. The summed E-state index contributed by atoms with van der Waals surface area (Å²) in [5, 5.41) is 25.7. The molecule has 0 aliphatic carbocycles. The molecule has 1 aromatic heterocycles. The molecule has 1 amide bonds. The fraction of sp³-hybridized carbons (Fsp3) is 0.600. The highest BCUT2D eigenvalue weighted by Crippen LogP contribution is 2.26. The molecule has 0 bridgehead atoms. The van der Waals surface area contributed by atoms with Crippen LogP contribution in [0.25, 0.3) is 0 Å². The lowest BCUT2D eigenvalue weighted by molar-refractivity contribution is -0.133. The molecule has 1 aromatic rings. The van der Waals surface area contributed by atoms with Crippen molar-refractivity contribution < 1.29 is 19.8 Å². The third kappa shape index (κ3) is 3.67. The molecule has 0 spiro atoms. The van der Waals surface area contributed by atoms with E-state index in [1.54, 1.807) is 13.8 Å². The summed E-state index contributed by atoms with van der Waals surface area (Å²) < 4.78 is 1.40. The second-order valence-corrected chi connectivity index (χ2v) is 5.14. The number of carbonyl (C=O) groups excluding carboxylic acids is 1. The number of carboxylic acid groups (broad SMARTS) is 1. The number of hydrogen-bond donors (Lipinski definition) is 3. The third-order valence-electron chi connectivity index (χ3n) is 2.40. The van der Waals surface area contributed by atoms with Crippen molar-refractivity contribution in [3.8, 4) is 0 Å². The van der Waals surface area contributed by atoms with Gasteiger partial charge in [0.25, 0.3) is 0 Å². The Morgan fingerprint density at radius 2 is 2.05 bits per heavy atom. The van der Waals surface area contributed by atoms with Crippen LogP contribution >= 0.6 is 11.8 Å². The van der Waals surface area contributed by atoms with Gasteiger partial charge in [0.1, 0.15) is 12.6 Å². The SMILES string of the molecule is CC(C)C(C(N)=O)n1c(CO)nnc1SCC(=O)O. The molecule has 9 heteroatoms. The van der Waals surface area contributed by atoms with Gasteiger partial charge in [-0.05, 0) is 5.92 Å². The smallest absolute Gasteiger partial charge is 0.313 e. The first-order chi connectivity index (χ1) is 8.88. The zero-order valence-corrected chi connectivity index (χ0v) is 11.4. The minimum Gasteiger partial charge on any atom is -0.481 e. The minimum absolute atomic E-state index is 0.136. The second-order valence-electron chi connectivity index (χ2n) is 4.20. The minimum atomic E-state index is -1.01. The van der Waals surface area contributed by atoms with E-state index in [0.717, 1.165) is 11.8 Å². The van der Waals surface area contributed by atoms with Crippen molar-refractivity contribution in [2.75, 3.05) is 5.75 Å². The van der Waals surface area contributed by atoms with E-state index < -0.39 is 24.5 Å². The number of thioether (sulfide) groups is 1. The van der Waals surface area contributed by atoms with Crippen LogP contribution in [0.3, 0.4) is 0 Å².